The first-order valence-corrected chi connectivity index (χ1v) is 5.64. The number of nitrogens with zero attached hydrogens (tertiary/aromatic N) is 1. The maximum atomic E-state index is 5.52. The summed E-state index contributed by atoms with van der Waals surface area (Å²) in [4.78, 5) is 4.16. The Labute approximate surface area is 91.9 Å². The average Bonchev–Trinajstić information content (AvgIpc) is 2.27. The second kappa shape index (κ2) is 7.23. The predicted molar refractivity (Wildman–Crippen MR) is 62.3 cm³/mol. The maximum absolute atomic E-state index is 5.52. The van der Waals surface area contributed by atoms with E-state index in [9.17, 15) is 0 Å². The van der Waals surface area contributed by atoms with E-state index in [1.165, 1.54) is 5.56 Å². The Morgan fingerprint density at radius 3 is 2.93 bits per heavy atom. The first-order chi connectivity index (χ1) is 7.36. The second-order valence-electron chi connectivity index (χ2n) is 3.48. The van der Waals surface area contributed by atoms with Crippen molar-refractivity contribution in [2.75, 3.05) is 19.7 Å². The highest BCUT2D eigenvalue weighted by Crippen LogP contribution is 2.11. The Morgan fingerprint density at radius 1 is 1.33 bits per heavy atom. The van der Waals surface area contributed by atoms with E-state index in [2.05, 4.69) is 30.2 Å². The van der Waals surface area contributed by atoms with Gasteiger partial charge in [0.25, 0.3) is 0 Å². The molecule has 0 aliphatic heterocycles. The first kappa shape index (κ1) is 12.0. The number of hydrogen-bond donors (Lipinski definition) is 1. The third-order valence-electron chi connectivity index (χ3n) is 2.08. The van der Waals surface area contributed by atoms with Gasteiger partial charge in [-0.25, -0.2) is 0 Å². The average molecular weight is 208 g/mol. The third kappa shape index (κ3) is 4.79. The quantitative estimate of drug-likeness (QED) is 0.696. The number of likely N-dealkylation sites (N-methyl/N-ethyl adjacent to an activating group) is 1. The molecule has 1 rings (SSSR count). The summed E-state index contributed by atoms with van der Waals surface area (Å²) in [6.07, 6.45) is 5.70. The summed E-state index contributed by atoms with van der Waals surface area (Å²) in [6.45, 7) is 6.98. The molecule has 0 bridgehead atoms. The Balaban J connectivity index is 2.42. The van der Waals surface area contributed by atoms with Crippen LogP contribution >= 0.6 is 0 Å². The summed E-state index contributed by atoms with van der Waals surface area (Å²) >= 11 is 0. The molecule has 0 aliphatic rings. The SMILES string of the molecule is CCCOc1cncc(CCNCC)c1. The van der Waals surface area contributed by atoms with E-state index in [0.717, 1.165) is 38.3 Å². The molecule has 0 atom stereocenters. The van der Waals surface area contributed by atoms with Crippen LogP contribution in [0, 0.1) is 0 Å². The van der Waals surface area contributed by atoms with Crippen LogP contribution in [-0.2, 0) is 6.42 Å². The van der Waals surface area contributed by atoms with E-state index >= 15 is 0 Å². The molecule has 0 saturated carbocycles. The fraction of sp³-hybridized carbons (Fsp3) is 0.583. The Bertz CT molecular complexity index is 276. The molecule has 0 aromatic carbocycles. The van der Waals surface area contributed by atoms with E-state index in [-0.39, 0.29) is 0 Å². The molecule has 0 unspecified atom stereocenters. The molecule has 1 aromatic rings. The lowest BCUT2D eigenvalue weighted by molar-refractivity contribution is 0.316. The molecule has 0 saturated heterocycles. The Kier molecular flexibility index (Phi) is 5.78. The van der Waals surface area contributed by atoms with E-state index in [1.54, 1.807) is 6.20 Å². The van der Waals surface area contributed by atoms with Gasteiger partial charge < -0.3 is 10.1 Å². The van der Waals surface area contributed by atoms with E-state index in [4.69, 9.17) is 4.74 Å². The number of aromatic nitrogens is 1. The van der Waals surface area contributed by atoms with Crippen molar-refractivity contribution >= 4 is 0 Å². The summed E-state index contributed by atoms with van der Waals surface area (Å²) < 4.78 is 5.52. The first-order valence-electron chi connectivity index (χ1n) is 5.64. The lowest BCUT2D eigenvalue weighted by Gasteiger charge is -2.06. The molecule has 1 aromatic heterocycles. The van der Waals surface area contributed by atoms with Gasteiger partial charge in [0.1, 0.15) is 5.75 Å². The zero-order valence-electron chi connectivity index (χ0n) is 9.62. The van der Waals surface area contributed by atoms with Crippen molar-refractivity contribution in [1.82, 2.24) is 10.3 Å². The summed E-state index contributed by atoms with van der Waals surface area (Å²) in [5, 5.41) is 3.29. The summed E-state index contributed by atoms with van der Waals surface area (Å²) in [7, 11) is 0. The van der Waals surface area contributed by atoms with Crippen molar-refractivity contribution < 1.29 is 4.74 Å². The molecule has 1 heterocycles. The van der Waals surface area contributed by atoms with Gasteiger partial charge in [0, 0.05) is 6.20 Å². The summed E-state index contributed by atoms with van der Waals surface area (Å²) in [5.74, 6) is 0.880. The molecule has 84 valence electrons. The van der Waals surface area contributed by atoms with Gasteiger partial charge in [-0.2, -0.15) is 0 Å². The maximum Gasteiger partial charge on any atom is 0.137 e. The van der Waals surface area contributed by atoms with Gasteiger partial charge in [-0.1, -0.05) is 13.8 Å². The number of rotatable bonds is 7. The topological polar surface area (TPSA) is 34.1 Å². The third-order valence-corrected chi connectivity index (χ3v) is 2.08. The number of nitrogens with one attached hydrogen (secondary N) is 1. The molecular weight excluding hydrogens is 188 g/mol. The highest BCUT2D eigenvalue weighted by atomic mass is 16.5. The van der Waals surface area contributed by atoms with Gasteiger partial charge in [-0.15, -0.1) is 0 Å². The van der Waals surface area contributed by atoms with Crippen LogP contribution in [-0.4, -0.2) is 24.7 Å². The van der Waals surface area contributed by atoms with E-state index in [0.29, 0.717) is 0 Å². The van der Waals surface area contributed by atoms with E-state index in [1.807, 2.05) is 6.20 Å². The fourth-order valence-corrected chi connectivity index (χ4v) is 1.31. The molecule has 0 fully saturated rings. The van der Waals surface area contributed by atoms with Gasteiger partial charge in [0.05, 0.1) is 12.8 Å². The standard InChI is InChI=1S/C12H20N2O/c1-3-7-15-12-8-11(9-14-10-12)5-6-13-4-2/h8-10,13H,3-7H2,1-2H3. The Hall–Kier alpha value is -1.09. The molecule has 0 amide bonds. The van der Waals surface area contributed by atoms with Gasteiger partial charge >= 0.3 is 0 Å². The van der Waals surface area contributed by atoms with Crippen molar-refractivity contribution in [2.24, 2.45) is 0 Å². The fourth-order valence-electron chi connectivity index (χ4n) is 1.31. The highest BCUT2D eigenvalue weighted by molar-refractivity contribution is 5.23. The smallest absolute Gasteiger partial charge is 0.137 e. The van der Waals surface area contributed by atoms with Crippen LogP contribution in [0.1, 0.15) is 25.8 Å². The molecule has 0 aliphatic carbocycles. The predicted octanol–water partition coefficient (Wildman–Crippen LogP) is 2.02. The molecule has 0 radical (unpaired) electrons. The van der Waals surface area contributed by atoms with Crippen LogP contribution in [0.5, 0.6) is 5.75 Å². The van der Waals surface area contributed by atoms with Crippen molar-refractivity contribution in [3.8, 4) is 5.75 Å². The van der Waals surface area contributed by atoms with Crippen molar-refractivity contribution in [1.29, 1.82) is 0 Å². The lowest BCUT2D eigenvalue weighted by Crippen LogP contribution is -2.16. The van der Waals surface area contributed by atoms with E-state index < -0.39 is 0 Å². The largest absolute Gasteiger partial charge is 0.492 e. The van der Waals surface area contributed by atoms with Crippen molar-refractivity contribution in [3.05, 3.63) is 24.0 Å². The Morgan fingerprint density at radius 2 is 2.20 bits per heavy atom. The van der Waals surface area contributed by atoms with Crippen molar-refractivity contribution in [2.45, 2.75) is 26.7 Å². The van der Waals surface area contributed by atoms with Crippen LogP contribution in [0.4, 0.5) is 0 Å². The van der Waals surface area contributed by atoms with Gasteiger partial charge in [-0.3, -0.25) is 4.98 Å². The number of pyridine rings is 1. The minimum Gasteiger partial charge on any atom is -0.492 e. The minimum atomic E-state index is 0.762. The normalized spacial score (nSPS) is 10.3. The summed E-state index contributed by atoms with van der Waals surface area (Å²) in [5.41, 5.74) is 1.23. The van der Waals surface area contributed by atoms with Gasteiger partial charge in [-0.05, 0) is 37.6 Å². The number of ether oxygens (including phenoxy) is 1. The summed E-state index contributed by atoms with van der Waals surface area (Å²) in [6, 6.07) is 2.07. The van der Waals surface area contributed by atoms with Crippen LogP contribution in [0.15, 0.2) is 18.5 Å². The molecule has 15 heavy (non-hydrogen) atoms. The molecule has 3 nitrogen and oxygen atoms in total. The highest BCUT2D eigenvalue weighted by Gasteiger charge is 1.97. The zero-order chi connectivity index (χ0) is 10.9. The van der Waals surface area contributed by atoms with Gasteiger partial charge in [0.2, 0.25) is 0 Å². The monoisotopic (exact) mass is 208 g/mol. The van der Waals surface area contributed by atoms with Crippen LogP contribution in [0.25, 0.3) is 0 Å². The van der Waals surface area contributed by atoms with Crippen molar-refractivity contribution in [3.63, 3.8) is 0 Å². The van der Waals surface area contributed by atoms with Crippen LogP contribution in [0.2, 0.25) is 0 Å². The number of hydrogen-bond acceptors (Lipinski definition) is 3. The minimum absolute atomic E-state index is 0.762. The van der Waals surface area contributed by atoms with Crippen LogP contribution < -0.4 is 10.1 Å². The molecular formula is C12H20N2O. The molecule has 1 N–H and O–H groups in total. The van der Waals surface area contributed by atoms with Crippen LogP contribution in [0.3, 0.4) is 0 Å². The second-order valence-corrected chi connectivity index (χ2v) is 3.48. The lowest BCUT2D eigenvalue weighted by atomic mass is 10.2. The molecule has 3 heteroatoms. The molecule has 0 spiro atoms. The zero-order valence-corrected chi connectivity index (χ0v) is 9.62. The van der Waals surface area contributed by atoms with Gasteiger partial charge in [0.15, 0.2) is 0 Å².